The van der Waals surface area contributed by atoms with Crippen molar-refractivity contribution in [1.82, 2.24) is 0 Å². The van der Waals surface area contributed by atoms with Gasteiger partial charge in [0, 0.05) is 5.56 Å². The zero-order valence-corrected chi connectivity index (χ0v) is 9.49. The SMILES string of the molecule is C#Cc1ccc(OC)cc1CCC(=C)CO. The van der Waals surface area contributed by atoms with Crippen LogP contribution in [0, 0.1) is 12.3 Å². The minimum atomic E-state index is 0.0232. The van der Waals surface area contributed by atoms with E-state index >= 15 is 0 Å². The molecule has 0 spiro atoms. The maximum absolute atomic E-state index is 8.88. The molecule has 0 aromatic heterocycles. The maximum Gasteiger partial charge on any atom is 0.119 e. The van der Waals surface area contributed by atoms with Crippen LogP contribution in [0.3, 0.4) is 0 Å². The quantitative estimate of drug-likeness (QED) is 0.603. The first-order valence-electron chi connectivity index (χ1n) is 5.12. The summed E-state index contributed by atoms with van der Waals surface area (Å²) in [6.45, 7) is 3.78. The van der Waals surface area contributed by atoms with E-state index in [0.717, 1.165) is 35.3 Å². The monoisotopic (exact) mass is 216 g/mol. The highest BCUT2D eigenvalue weighted by atomic mass is 16.5. The van der Waals surface area contributed by atoms with Crippen LogP contribution < -0.4 is 4.74 Å². The van der Waals surface area contributed by atoms with Crippen molar-refractivity contribution >= 4 is 0 Å². The minimum Gasteiger partial charge on any atom is -0.497 e. The van der Waals surface area contributed by atoms with E-state index in [1.54, 1.807) is 7.11 Å². The molecule has 0 radical (unpaired) electrons. The molecule has 0 heterocycles. The van der Waals surface area contributed by atoms with Gasteiger partial charge in [0.1, 0.15) is 5.75 Å². The Bertz CT molecular complexity index is 413. The van der Waals surface area contributed by atoms with E-state index in [0.29, 0.717) is 0 Å². The number of ether oxygens (including phenoxy) is 1. The molecule has 2 heteroatoms. The Morgan fingerprint density at radius 1 is 1.56 bits per heavy atom. The third kappa shape index (κ3) is 3.15. The van der Waals surface area contributed by atoms with Crippen molar-refractivity contribution in [2.45, 2.75) is 12.8 Å². The lowest BCUT2D eigenvalue weighted by Gasteiger charge is -2.08. The predicted octanol–water partition coefficient (Wildman–Crippen LogP) is 2.16. The van der Waals surface area contributed by atoms with Gasteiger partial charge in [-0.15, -0.1) is 6.42 Å². The van der Waals surface area contributed by atoms with E-state index in [9.17, 15) is 0 Å². The first-order valence-corrected chi connectivity index (χ1v) is 5.12. The second-order valence-electron chi connectivity index (χ2n) is 3.58. The average Bonchev–Trinajstić information content (AvgIpc) is 2.35. The molecule has 0 aliphatic heterocycles. The van der Waals surface area contributed by atoms with Crippen LogP contribution >= 0.6 is 0 Å². The Labute approximate surface area is 96.6 Å². The largest absolute Gasteiger partial charge is 0.497 e. The molecule has 1 N–H and O–H groups in total. The number of benzene rings is 1. The van der Waals surface area contributed by atoms with Crippen molar-refractivity contribution in [3.05, 3.63) is 41.5 Å². The maximum atomic E-state index is 8.88. The molecule has 0 amide bonds. The molecule has 0 unspecified atom stereocenters. The second-order valence-corrected chi connectivity index (χ2v) is 3.58. The van der Waals surface area contributed by atoms with Gasteiger partial charge in [0.2, 0.25) is 0 Å². The van der Waals surface area contributed by atoms with Crippen LogP contribution in [-0.2, 0) is 6.42 Å². The highest BCUT2D eigenvalue weighted by molar-refractivity contribution is 5.44. The van der Waals surface area contributed by atoms with Crippen LogP contribution in [0.25, 0.3) is 0 Å². The van der Waals surface area contributed by atoms with Gasteiger partial charge in [0.25, 0.3) is 0 Å². The molecule has 0 aliphatic carbocycles. The van der Waals surface area contributed by atoms with E-state index < -0.39 is 0 Å². The number of hydrogen-bond acceptors (Lipinski definition) is 2. The van der Waals surface area contributed by atoms with Crippen molar-refractivity contribution in [1.29, 1.82) is 0 Å². The molecule has 0 saturated heterocycles. The lowest BCUT2D eigenvalue weighted by atomic mass is 10.0. The summed E-state index contributed by atoms with van der Waals surface area (Å²) in [5.41, 5.74) is 2.73. The molecule has 0 atom stereocenters. The number of hydrogen-bond donors (Lipinski definition) is 1. The van der Waals surface area contributed by atoms with Gasteiger partial charge in [-0.1, -0.05) is 18.1 Å². The van der Waals surface area contributed by atoms with Gasteiger partial charge in [0.05, 0.1) is 13.7 Å². The van der Waals surface area contributed by atoms with Crippen LogP contribution in [0.2, 0.25) is 0 Å². The first kappa shape index (κ1) is 12.4. The number of methoxy groups -OCH3 is 1. The molecule has 0 aliphatic rings. The summed E-state index contributed by atoms with van der Waals surface area (Å²) >= 11 is 0. The summed E-state index contributed by atoms with van der Waals surface area (Å²) in [4.78, 5) is 0. The molecular formula is C14H16O2. The minimum absolute atomic E-state index is 0.0232. The number of aliphatic hydroxyl groups excluding tert-OH is 1. The van der Waals surface area contributed by atoms with E-state index in [-0.39, 0.29) is 6.61 Å². The number of aryl methyl sites for hydroxylation is 1. The van der Waals surface area contributed by atoms with E-state index in [4.69, 9.17) is 16.3 Å². The molecule has 1 rings (SSSR count). The molecule has 1 aromatic rings. The number of aliphatic hydroxyl groups is 1. The molecule has 0 bridgehead atoms. The van der Waals surface area contributed by atoms with Crippen LogP contribution in [-0.4, -0.2) is 18.8 Å². The highest BCUT2D eigenvalue weighted by Crippen LogP contribution is 2.19. The average molecular weight is 216 g/mol. The van der Waals surface area contributed by atoms with Crippen molar-refractivity contribution in [2.24, 2.45) is 0 Å². The standard InChI is InChI=1S/C14H16O2/c1-4-12-7-8-14(16-3)9-13(12)6-5-11(2)10-15/h1,7-9,15H,2,5-6,10H2,3H3. The Morgan fingerprint density at radius 3 is 2.88 bits per heavy atom. The Hall–Kier alpha value is -1.72. The molecule has 16 heavy (non-hydrogen) atoms. The zero-order chi connectivity index (χ0) is 12.0. The lowest BCUT2D eigenvalue weighted by molar-refractivity contribution is 0.327. The second kappa shape index (κ2) is 5.99. The molecule has 0 fully saturated rings. The van der Waals surface area contributed by atoms with Crippen LogP contribution in [0.15, 0.2) is 30.4 Å². The number of rotatable bonds is 5. The molecular weight excluding hydrogens is 200 g/mol. The van der Waals surface area contributed by atoms with E-state index in [1.807, 2.05) is 18.2 Å². The number of terminal acetylenes is 1. The van der Waals surface area contributed by atoms with Crippen molar-refractivity contribution in [3.8, 4) is 18.1 Å². The summed E-state index contributed by atoms with van der Waals surface area (Å²) in [7, 11) is 1.63. The molecule has 1 aromatic carbocycles. The third-order valence-corrected chi connectivity index (χ3v) is 2.44. The van der Waals surface area contributed by atoms with Gasteiger partial charge in [-0.05, 0) is 36.6 Å². The normalized spacial score (nSPS) is 9.56. The van der Waals surface area contributed by atoms with Gasteiger partial charge in [-0.2, -0.15) is 0 Å². The molecule has 2 nitrogen and oxygen atoms in total. The zero-order valence-electron chi connectivity index (χ0n) is 9.49. The van der Waals surface area contributed by atoms with Gasteiger partial charge in [-0.25, -0.2) is 0 Å². The summed E-state index contributed by atoms with van der Waals surface area (Å²) in [6, 6.07) is 5.65. The van der Waals surface area contributed by atoms with Crippen molar-refractivity contribution in [2.75, 3.05) is 13.7 Å². The summed E-state index contributed by atoms with van der Waals surface area (Å²) in [5, 5.41) is 8.88. The summed E-state index contributed by atoms with van der Waals surface area (Å²) in [6.07, 6.45) is 6.93. The van der Waals surface area contributed by atoms with E-state index in [2.05, 4.69) is 12.5 Å². The van der Waals surface area contributed by atoms with Gasteiger partial charge < -0.3 is 9.84 Å². The summed E-state index contributed by atoms with van der Waals surface area (Å²) in [5.74, 6) is 3.44. The predicted molar refractivity (Wildman–Crippen MR) is 65.5 cm³/mol. The first-order chi connectivity index (χ1) is 7.71. The Kier molecular flexibility index (Phi) is 4.63. The fourth-order valence-corrected chi connectivity index (χ4v) is 1.44. The van der Waals surface area contributed by atoms with Gasteiger partial charge >= 0.3 is 0 Å². The Morgan fingerprint density at radius 2 is 2.31 bits per heavy atom. The molecule has 84 valence electrons. The fraction of sp³-hybridized carbons (Fsp3) is 0.286. The van der Waals surface area contributed by atoms with Crippen LogP contribution in [0.1, 0.15) is 17.5 Å². The van der Waals surface area contributed by atoms with Gasteiger partial charge in [0.15, 0.2) is 0 Å². The lowest BCUT2D eigenvalue weighted by Crippen LogP contribution is -1.96. The smallest absolute Gasteiger partial charge is 0.119 e. The fourth-order valence-electron chi connectivity index (χ4n) is 1.44. The van der Waals surface area contributed by atoms with Crippen molar-refractivity contribution < 1.29 is 9.84 Å². The van der Waals surface area contributed by atoms with Crippen molar-refractivity contribution in [3.63, 3.8) is 0 Å². The van der Waals surface area contributed by atoms with Crippen LogP contribution in [0.4, 0.5) is 0 Å². The summed E-state index contributed by atoms with van der Waals surface area (Å²) < 4.78 is 5.15. The van der Waals surface area contributed by atoms with E-state index in [1.165, 1.54) is 0 Å². The third-order valence-electron chi connectivity index (χ3n) is 2.44. The van der Waals surface area contributed by atoms with Gasteiger partial charge in [-0.3, -0.25) is 0 Å². The molecule has 0 saturated carbocycles. The topological polar surface area (TPSA) is 29.5 Å². The Balaban J connectivity index is 2.84. The van der Waals surface area contributed by atoms with Crippen LogP contribution in [0.5, 0.6) is 5.75 Å². The highest BCUT2D eigenvalue weighted by Gasteiger charge is 2.03.